The highest BCUT2D eigenvalue weighted by atomic mass is 16.5. The van der Waals surface area contributed by atoms with E-state index in [0.29, 0.717) is 11.1 Å². The maximum atomic E-state index is 12.2. The summed E-state index contributed by atoms with van der Waals surface area (Å²) in [6.07, 6.45) is 0. The molecule has 2 aromatic carbocycles. The Bertz CT molecular complexity index is 480. The minimum Gasteiger partial charge on any atom is -0.497 e. The SMILES string of the molecule is CNc1ccc(C(=O)c2ccc(OC)cc2)cc1. The second-order valence-corrected chi connectivity index (χ2v) is 3.88. The summed E-state index contributed by atoms with van der Waals surface area (Å²) in [6, 6.07) is 14.5. The molecule has 2 aromatic rings. The fraction of sp³-hybridized carbons (Fsp3) is 0.133. The van der Waals surface area contributed by atoms with E-state index in [1.807, 2.05) is 31.3 Å². The third kappa shape index (κ3) is 2.51. The van der Waals surface area contributed by atoms with E-state index in [4.69, 9.17) is 4.74 Å². The summed E-state index contributed by atoms with van der Waals surface area (Å²) >= 11 is 0. The normalized spacial score (nSPS) is 9.89. The molecular formula is C15H15NO2. The standard InChI is InChI=1S/C15H15NO2/c1-16-13-7-3-11(4-8-13)15(17)12-5-9-14(18-2)10-6-12/h3-10,16H,1-2H3. The molecule has 18 heavy (non-hydrogen) atoms. The molecule has 0 aliphatic heterocycles. The van der Waals surface area contributed by atoms with E-state index in [0.717, 1.165) is 11.4 Å². The summed E-state index contributed by atoms with van der Waals surface area (Å²) in [4.78, 5) is 12.2. The van der Waals surface area contributed by atoms with Crippen molar-refractivity contribution in [3.63, 3.8) is 0 Å². The van der Waals surface area contributed by atoms with Crippen molar-refractivity contribution in [1.82, 2.24) is 0 Å². The Morgan fingerprint density at radius 2 is 1.44 bits per heavy atom. The highest BCUT2D eigenvalue weighted by Gasteiger charge is 2.08. The average molecular weight is 241 g/mol. The van der Waals surface area contributed by atoms with Crippen molar-refractivity contribution >= 4 is 11.5 Å². The van der Waals surface area contributed by atoms with Crippen molar-refractivity contribution in [3.8, 4) is 5.75 Å². The van der Waals surface area contributed by atoms with Crippen molar-refractivity contribution in [1.29, 1.82) is 0 Å². The third-order valence-electron chi connectivity index (χ3n) is 2.79. The number of nitrogens with one attached hydrogen (secondary N) is 1. The molecule has 0 unspecified atom stereocenters. The van der Waals surface area contributed by atoms with E-state index >= 15 is 0 Å². The molecule has 0 saturated carbocycles. The number of ketones is 1. The lowest BCUT2D eigenvalue weighted by molar-refractivity contribution is 0.103. The molecule has 0 saturated heterocycles. The molecule has 92 valence electrons. The van der Waals surface area contributed by atoms with Crippen molar-refractivity contribution in [3.05, 3.63) is 59.7 Å². The zero-order valence-electron chi connectivity index (χ0n) is 10.4. The maximum absolute atomic E-state index is 12.2. The van der Waals surface area contributed by atoms with E-state index in [1.165, 1.54) is 0 Å². The second-order valence-electron chi connectivity index (χ2n) is 3.88. The third-order valence-corrected chi connectivity index (χ3v) is 2.79. The van der Waals surface area contributed by atoms with Crippen molar-refractivity contribution < 1.29 is 9.53 Å². The van der Waals surface area contributed by atoms with E-state index in [2.05, 4.69) is 5.32 Å². The Balaban J connectivity index is 2.23. The van der Waals surface area contributed by atoms with Crippen LogP contribution in [-0.4, -0.2) is 19.9 Å². The van der Waals surface area contributed by atoms with Crippen LogP contribution < -0.4 is 10.1 Å². The molecule has 2 rings (SSSR count). The summed E-state index contributed by atoms with van der Waals surface area (Å²) < 4.78 is 5.07. The van der Waals surface area contributed by atoms with E-state index in [1.54, 1.807) is 31.4 Å². The van der Waals surface area contributed by atoms with Crippen LogP contribution in [0.25, 0.3) is 0 Å². The lowest BCUT2D eigenvalue weighted by Crippen LogP contribution is -2.01. The molecule has 0 aliphatic carbocycles. The van der Waals surface area contributed by atoms with Gasteiger partial charge < -0.3 is 10.1 Å². The van der Waals surface area contributed by atoms with E-state index < -0.39 is 0 Å². The van der Waals surface area contributed by atoms with Crippen LogP contribution in [0.5, 0.6) is 5.75 Å². The van der Waals surface area contributed by atoms with Gasteiger partial charge in [0, 0.05) is 23.9 Å². The highest BCUT2D eigenvalue weighted by molar-refractivity contribution is 6.09. The number of rotatable bonds is 4. The summed E-state index contributed by atoms with van der Waals surface area (Å²) in [5, 5.41) is 3.02. The molecule has 0 radical (unpaired) electrons. The number of benzene rings is 2. The van der Waals surface area contributed by atoms with Crippen LogP contribution in [0, 0.1) is 0 Å². The smallest absolute Gasteiger partial charge is 0.193 e. The largest absolute Gasteiger partial charge is 0.497 e. The van der Waals surface area contributed by atoms with Crippen LogP contribution in [-0.2, 0) is 0 Å². The highest BCUT2D eigenvalue weighted by Crippen LogP contribution is 2.16. The molecule has 0 atom stereocenters. The topological polar surface area (TPSA) is 38.3 Å². The first kappa shape index (κ1) is 12.2. The molecule has 0 aromatic heterocycles. The Kier molecular flexibility index (Phi) is 3.63. The lowest BCUT2D eigenvalue weighted by Gasteiger charge is -2.04. The monoisotopic (exact) mass is 241 g/mol. The van der Waals surface area contributed by atoms with Crippen LogP contribution in [0.1, 0.15) is 15.9 Å². The fourth-order valence-corrected chi connectivity index (χ4v) is 1.70. The number of carbonyl (C=O) groups is 1. The van der Waals surface area contributed by atoms with E-state index in [9.17, 15) is 4.79 Å². The van der Waals surface area contributed by atoms with Gasteiger partial charge >= 0.3 is 0 Å². The zero-order valence-corrected chi connectivity index (χ0v) is 10.4. The van der Waals surface area contributed by atoms with Gasteiger partial charge in [0.15, 0.2) is 5.78 Å². The van der Waals surface area contributed by atoms with Crippen LogP contribution in [0.2, 0.25) is 0 Å². The molecule has 0 bridgehead atoms. The van der Waals surface area contributed by atoms with Gasteiger partial charge in [-0.2, -0.15) is 0 Å². The molecule has 0 heterocycles. The van der Waals surface area contributed by atoms with Crippen LogP contribution in [0.3, 0.4) is 0 Å². The molecule has 0 aliphatic rings. The summed E-state index contributed by atoms with van der Waals surface area (Å²) in [5.41, 5.74) is 2.33. The van der Waals surface area contributed by atoms with Gasteiger partial charge in [-0.3, -0.25) is 4.79 Å². The van der Waals surface area contributed by atoms with Gasteiger partial charge in [0.05, 0.1) is 7.11 Å². The average Bonchev–Trinajstić information content (AvgIpc) is 2.47. The Morgan fingerprint density at radius 1 is 0.944 bits per heavy atom. The van der Waals surface area contributed by atoms with Gasteiger partial charge in [-0.25, -0.2) is 0 Å². The first-order chi connectivity index (χ1) is 8.74. The van der Waals surface area contributed by atoms with Gasteiger partial charge in [0.2, 0.25) is 0 Å². The summed E-state index contributed by atoms with van der Waals surface area (Å²) in [6.45, 7) is 0. The van der Waals surface area contributed by atoms with Gasteiger partial charge in [-0.05, 0) is 48.5 Å². The molecular weight excluding hydrogens is 226 g/mol. The van der Waals surface area contributed by atoms with E-state index in [-0.39, 0.29) is 5.78 Å². The van der Waals surface area contributed by atoms with Gasteiger partial charge in [-0.15, -0.1) is 0 Å². The van der Waals surface area contributed by atoms with Gasteiger partial charge in [-0.1, -0.05) is 0 Å². The zero-order chi connectivity index (χ0) is 13.0. The maximum Gasteiger partial charge on any atom is 0.193 e. The molecule has 3 nitrogen and oxygen atoms in total. The number of hydrogen-bond donors (Lipinski definition) is 1. The number of methoxy groups -OCH3 is 1. The Morgan fingerprint density at radius 3 is 1.89 bits per heavy atom. The van der Waals surface area contributed by atoms with Crippen LogP contribution in [0.15, 0.2) is 48.5 Å². The van der Waals surface area contributed by atoms with Crippen LogP contribution >= 0.6 is 0 Å². The molecule has 0 spiro atoms. The van der Waals surface area contributed by atoms with Crippen LogP contribution in [0.4, 0.5) is 5.69 Å². The fourth-order valence-electron chi connectivity index (χ4n) is 1.70. The van der Waals surface area contributed by atoms with Gasteiger partial charge in [0.25, 0.3) is 0 Å². The van der Waals surface area contributed by atoms with Gasteiger partial charge in [0.1, 0.15) is 5.75 Å². The number of ether oxygens (including phenoxy) is 1. The summed E-state index contributed by atoms with van der Waals surface area (Å²) in [7, 11) is 3.45. The predicted molar refractivity (Wildman–Crippen MR) is 72.4 cm³/mol. The van der Waals surface area contributed by atoms with Crippen molar-refractivity contribution in [2.75, 3.05) is 19.5 Å². The molecule has 1 N–H and O–H groups in total. The Hall–Kier alpha value is -2.29. The number of carbonyl (C=O) groups excluding carboxylic acids is 1. The molecule has 0 fully saturated rings. The lowest BCUT2D eigenvalue weighted by atomic mass is 10.0. The quantitative estimate of drug-likeness (QED) is 0.836. The first-order valence-corrected chi connectivity index (χ1v) is 5.71. The second kappa shape index (κ2) is 5.36. The molecule has 0 amide bonds. The Labute approximate surface area is 106 Å². The van der Waals surface area contributed by atoms with Crippen molar-refractivity contribution in [2.45, 2.75) is 0 Å². The number of anilines is 1. The first-order valence-electron chi connectivity index (χ1n) is 5.71. The van der Waals surface area contributed by atoms with Crippen molar-refractivity contribution in [2.24, 2.45) is 0 Å². The summed E-state index contributed by atoms with van der Waals surface area (Å²) in [5.74, 6) is 0.761. The minimum absolute atomic E-state index is 0.0142. The number of hydrogen-bond acceptors (Lipinski definition) is 3. The minimum atomic E-state index is 0.0142. The molecule has 3 heteroatoms. The predicted octanol–water partition coefficient (Wildman–Crippen LogP) is 2.97.